The van der Waals surface area contributed by atoms with E-state index in [9.17, 15) is 14.9 Å². The summed E-state index contributed by atoms with van der Waals surface area (Å²) in [7, 11) is 1.67. The number of amides is 1. The quantitative estimate of drug-likeness (QED) is 0.508. The van der Waals surface area contributed by atoms with Gasteiger partial charge in [-0.2, -0.15) is 0 Å². The van der Waals surface area contributed by atoms with Crippen molar-refractivity contribution >= 4 is 44.5 Å². The molecule has 2 aromatic rings. The van der Waals surface area contributed by atoms with Gasteiger partial charge in [0.1, 0.15) is 5.69 Å². The molecule has 2 N–H and O–H groups in total. The highest BCUT2D eigenvalue weighted by atomic mass is 79.9. The third-order valence-electron chi connectivity index (χ3n) is 2.86. The first-order valence-electron chi connectivity index (χ1n) is 5.91. The Hall–Kier alpha value is -1.93. The van der Waals surface area contributed by atoms with Gasteiger partial charge in [0, 0.05) is 25.2 Å². The Morgan fingerprint density at radius 2 is 2.19 bits per heavy atom. The van der Waals surface area contributed by atoms with E-state index >= 15 is 0 Å². The summed E-state index contributed by atoms with van der Waals surface area (Å²) in [6.45, 7) is 0.456. The van der Waals surface area contributed by atoms with Crippen LogP contribution in [-0.2, 0) is 6.54 Å². The van der Waals surface area contributed by atoms with E-state index in [2.05, 4.69) is 15.9 Å². The van der Waals surface area contributed by atoms with Gasteiger partial charge in [-0.15, -0.1) is 11.3 Å². The van der Waals surface area contributed by atoms with E-state index in [-0.39, 0.29) is 17.3 Å². The maximum atomic E-state index is 12.3. The first kappa shape index (κ1) is 15.5. The van der Waals surface area contributed by atoms with Crippen molar-refractivity contribution in [2.45, 2.75) is 6.54 Å². The molecule has 1 amide bonds. The zero-order valence-electron chi connectivity index (χ0n) is 11.1. The first-order valence-corrected chi connectivity index (χ1v) is 7.58. The average Bonchev–Trinajstić information content (AvgIpc) is 2.82. The van der Waals surface area contributed by atoms with Crippen LogP contribution >= 0.6 is 27.3 Å². The number of nitrogen functional groups attached to an aromatic ring is 1. The molecule has 1 aromatic heterocycles. The number of nitro benzene ring substituents is 1. The molecule has 0 fully saturated rings. The van der Waals surface area contributed by atoms with Crippen LogP contribution in [0.4, 0.5) is 11.4 Å². The topological polar surface area (TPSA) is 89.5 Å². The molecule has 1 heterocycles. The van der Waals surface area contributed by atoms with Crippen LogP contribution in [-0.4, -0.2) is 22.8 Å². The van der Waals surface area contributed by atoms with Crippen molar-refractivity contribution in [2.75, 3.05) is 12.8 Å². The van der Waals surface area contributed by atoms with Crippen molar-refractivity contribution in [3.8, 4) is 0 Å². The Morgan fingerprint density at radius 1 is 1.48 bits per heavy atom. The summed E-state index contributed by atoms with van der Waals surface area (Å²) in [6.07, 6.45) is 0. The maximum absolute atomic E-state index is 12.3. The molecule has 0 saturated carbocycles. The van der Waals surface area contributed by atoms with Crippen LogP contribution in [0.1, 0.15) is 15.9 Å². The van der Waals surface area contributed by atoms with Gasteiger partial charge in [-0.25, -0.2) is 0 Å². The maximum Gasteiger partial charge on any atom is 0.292 e. The van der Waals surface area contributed by atoms with E-state index in [1.807, 2.05) is 11.4 Å². The van der Waals surface area contributed by atoms with E-state index in [0.29, 0.717) is 12.1 Å². The second kappa shape index (κ2) is 6.23. The van der Waals surface area contributed by atoms with Gasteiger partial charge in [-0.1, -0.05) is 0 Å². The molecule has 0 spiro atoms. The summed E-state index contributed by atoms with van der Waals surface area (Å²) in [5, 5.41) is 12.7. The number of carbonyl (C=O) groups is 1. The van der Waals surface area contributed by atoms with Crippen LogP contribution in [0.2, 0.25) is 0 Å². The predicted molar refractivity (Wildman–Crippen MR) is 85.3 cm³/mol. The summed E-state index contributed by atoms with van der Waals surface area (Å²) < 4.78 is 0.998. The van der Waals surface area contributed by atoms with Crippen LogP contribution in [0.15, 0.2) is 33.4 Å². The monoisotopic (exact) mass is 369 g/mol. The lowest BCUT2D eigenvalue weighted by atomic mass is 10.1. The van der Waals surface area contributed by atoms with Crippen molar-refractivity contribution in [1.29, 1.82) is 0 Å². The largest absolute Gasteiger partial charge is 0.393 e. The predicted octanol–water partition coefficient (Wildman–Crippen LogP) is 3.27. The summed E-state index contributed by atoms with van der Waals surface area (Å²) >= 11 is 4.92. The molecular formula is C13H12BrN3O3S. The number of hydrogen-bond acceptors (Lipinski definition) is 5. The number of nitrogens with zero attached hydrogens (tertiary/aromatic N) is 2. The molecule has 8 heteroatoms. The normalized spacial score (nSPS) is 10.4. The summed E-state index contributed by atoms with van der Waals surface area (Å²) in [6, 6.07) is 5.94. The Kier molecular flexibility index (Phi) is 4.59. The Labute approximate surface area is 133 Å². The number of benzene rings is 1. The minimum atomic E-state index is -0.573. The minimum absolute atomic E-state index is 0.0162. The molecule has 0 aliphatic heterocycles. The Morgan fingerprint density at radius 3 is 2.71 bits per heavy atom. The number of thiophene rings is 1. The van der Waals surface area contributed by atoms with Crippen molar-refractivity contribution in [3.63, 3.8) is 0 Å². The highest BCUT2D eigenvalue weighted by Crippen LogP contribution is 2.24. The van der Waals surface area contributed by atoms with Gasteiger partial charge in [-0.3, -0.25) is 14.9 Å². The van der Waals surface area contributed by atoms with E-state index in [4.69, 9.17) is 5.73 Å². The molecule has 0 atom stereocenters. The Bertz CT molecular complexity index is 702. The second-order valence-electron chi connectivity index (χ2n) is 4.45. The average molecular weight is 370 g/mol. The summed E-state index contributed by atoms with van der Waals surface area (Å²) in [4.78, 5) is 24.0. The summed E-state index contributed by atoms with van der Waals surface area (Å²) in [5.74, 6) is -0.237. The number of halogens is 1. The Balaban J connectivity index is 2.15. The second-order valence-corrected chi connectivity index (χ2v) is 6.74. The zero-order chi connectivity index (χ0) is 15.6. The molecular weight excluding hydrogens is 358 g/mol. The van der Waals surface area contributed by atoms with Crippen LogP contribution < -0.4 is 5.73 Å². The van der Waals surface area contributed by atoms with E-state index in [0.717, 1.165) is 9.35 Å². The fourth-order valence-electron chi connectivity index (χ4n) is 1.85. The van der Waals surface area contributed by atoms with E-state index in [1.54, 1.807) is 18.4 Å². The molecule has 1 aromatic carbocycles. The van der Waals surface area contributed by atoms with Gasteiger partial charge < -0.3 is 10.6 Å². The van der Waals surface area contributed by atoms with Crippen molar-refractivity contribution in [3.05, 3.63) is 54.7 Å². The molecule has 0 bridgehead atoms. The third-order valence-corrected chi connectivity index (χ3v) is 4.41. The lowest BCUT2D eigenvalue weighted by molar-refractivity contribution is -0.383. The van der Waals surface area contributed by atoms with Gasteiger partial charge in [0.2, 0.25) is 0 Å². The number of nitrogens with two attached hydrogens (primary N) is 1. The molecule has 2 rings (SSSR count). The number of rotatable bonds is 4. The smallest absolute Gasteiger partial charge is 0.292 e. The van der Waals surface area contributed by atoms with E-state index < -0.39 is 4.92 Å². The van der Waals surface area contributed by atoms with Gasteiger partial charge in [-0.05, 0) is 45.1 Å². The number of hydrogen-bond donors (Lipinski definition) is 1. The molecule has 0 aliphatic carbocycles. The molecule has 110 valence electrons. The van der Waals surface area contributed by atoms with E-state index in [1.165, 1.54) is 23.1 Å². The van der Waals surface area contributed by atoms with Crippen molar-refractivity contribution in [2.24, 2.45) is 0 Å². The molecule has 0 unspecified atom stereocenters. The number of carbonyl (C=O) groups excluding carboxylic acids is 1. The lowest BCUT2D eigenvalue weighted by Crippen LogP contribution is -2.26. The van der Waals surface area contributed by atoms with Crippen LogP contribution in [0.3, 0.4) is 0 Å². The third kappa shape index (κ3) is 3.59. The molecule has 21 heavy (non-hydrogen) atoms. The summed E-state index contributed by atoms with van der Waals surface area (Å²) in [5.41, 5.74) is 6.73. The first-order chi connectivity index (χ1) is 9.88. The van der Waals surface area contributed by atoms with Crippen LogP contribution in [0, 0.1) is 10.1 Å². The van der Waals surface area contributed by atoms with Gasteiger partial charge >= 0.3 is 0 Å². The molecule has 6 nitrogen and oxygen atoms in total. The highest BCUT2D eigenvalue weighted by molar-refractivity contribution is 9.11. The SMILES string of the molecule is CN(Cc1csc(Br)c1)C(=O)c1ccc([N+](=O)[O-])c(N)c1. The van der Waals surface area contributed by atoms with Crippen LogP contribution in [0.25, 0.3) is 0 Å². The van der Waals surface area contributed by atoms with Crippen LogP contribution in [0.5, 0.6) is 0 Å². The fraction of sp³-hybridized carbons (Fsp3) is 0.154. The highest BCUT2D eigenvalue weighted by Gasteiger charge is 2.17. The number of anilines is 1. The molecule has 0 radical (unpaired) electrons. The standard InChI is InChI=1S/C13H12BrN3O3S/c1-16(6-8-4-12(14)21-7-8)13(18)9-2-3-11(17(19)20)10(15)5-9/h2-5,7H,6,15H2,1H3. The lowest BCUT2D eigenvalue weighted by Gasteiger charge is -2.16. The van der Waals surface area contributed by atoms with Gasteiger partial charge in [0.15, 0.2) is 0 Å². The van der Waals surface area contributed by atoms with Gasteiger partial charge in [0.25, 0.3) is 11.6 Å². The van der Waals surface area contributed by atoms with Gasteiger partial charge in [0.05, 0.1) is 8.71 Å². The zero-order valence-corrected chi connectivity index (χ0v) is 13.5. The minimum Gasteiger partial charge on any atom is -0.393 e. The number of nitro groups is 1. The fourth-order valence-corrected chi connectivity index (χ4v) is 3.05. The van der Waals surface area contributed by atoms with Crippen molar-refractivity contribution < 1.29 is 9.72 Å². The van der Waals surface area contributed by atoms with Crippen molar-refractivity contribution in [1.82, 2.24) is 4.90 Å². The molecule has 0 aliphatic rings. The molecule has 0 saturated heterocycles.